The van der Waals surface area contributed by atoms with Crippen LogP contribution in [0.1, 0.15) is 35.9 Å². The van der Waals surface area contributed by atoms with E-state index in [1.807, 2.05) is 0 Å². The van der Waals surface area contributed by atoms with Crippen LogP contribution in [0.15, 0.2) is 24.3 Å². The molecule has 0 saturated heterocycles. The van der Waals surface area contributed by atoms with E-state index in [-0.39, 0.29) is 17.3 Å². The zero-order valence-electron chi connectivity index (χ0n) is 10.2. The van der Waals surface area contributed by atoms with Crippen LogP contribution in [0.4, 0.5) is 0 Å². The lowest BCUT2D eigenvalue weighted by molar-refractivity contribution is -0.153. The Bertz CT molecular complexity index is 435. The van der Waals surface area contributed by atoms with Crippen molar-refractivity contribution >= 4 is 11.8 Å². The molecule has 0 bridgehead atoms. The molecule has 0 aliphatic rings. The van der Waals surface area contributed by atoms with E-state index in [4.69, 9.17) is 5.11 Å². The van der Waals surface area contributed by atoms with E-state index >= 15 is 0 Å². The second-order valence-corrected chi connectivity index (χ2v) is 4.37. The number of carboxylic acids is 1. The summed E-state index contributed by atoms with van der Waals surface area (Å²) in [6.07, 6.45) is -3.39. The fourth-order valence-electron chi connectivity index (χ4n) is 1.50. The summed E-state index contributed by atoms with van der Waals surface area (Å²) in [5.74, 6) is -1.66. The normalized spacial score (nSPS) is 14.3. The maximum absolute atomic E-state index is 11.7. The molecule has 0 spiro atoms. The van der Waals surface area contributed by atoms with Gasteiger partial charge in [-0.1, -0.05) is 38.1 Å². The summed E-state index contributed by atoms with van der Waals surface area (Å²) in [7, 11) is 0. The van der Waals surface area contributed by atoms with Crippen LogP contribution in [0.2, 0.25) is 0 Å². The smallest absolute Gasteiger partial charge is 0.335 e. The number of carboxylic acid groups (broad SMARTS) is 1. The molecular weight excluding hydrogens is 236 g/mol. The maximum Gasteiger partial charge on any atom is 0.335 e. The molecule has 1 aromatic carbocycles. The minimum absolute atomic E-state index is 0.0326. The number of hydrogen-bond donors (Lipinski definition) is 3. The van der Waals surface area contributed by atoms with Crippen molar-refractivity contribution in [1.82, 2.24) is 0 Å². The van der Waals surface area contributed by atoms with Crippen LogP contribution in [0, 0.1) is 5.92 Å². The lowest BCUT2D eigenvalue weighted by atomic mass is 9.97. The highest BCUT2D eigenvalue weighted by Gasteiger charge is 2.25. The molecule has 0 radical (unpaired) electrons. The molecule has 1 aromatic rings. The molecule has 3 N–H and O–H groups in total. The van der Waals surface area contributed by atoms with E-state index < -0.39 is 18.2 Å². The Balaban J connectivity index is 2.89. The summed E-state index contributed by atoms with van der Waals surface area (Å²) < 4.78 is 0. The predicted molar refractivity (Wildman–Crippen MR) is 64.2 cm³/mol. The lowest BCUT2D eigenvalue weighted by Crippen LogP contribution is -2.27. The largest absolute Gasteiger partial charge is 0.479 e. The van der Waals surface area contributed by atoms with Crippen molar-refractivity contribution in [2.75, 3.05) is 0 Å². The first-order chi connectivity index (χ1) is 8.34. The molecule has 5 nitrogen and oxygen atoms in total. The Morgan fingerprint density at radius 1 is 1.06 bits per heavy atom. The van der Waals surface area contributed by atoms with Crippen LogP contribution < -0.4 is 0 Å². The molecule has 98 valence electrons. The third-order valence-corrected chi connectivity index (χ3v) is 2.61. The molecule has 0 heterocycles. The van der Waals surface area contributed by atoms with E-state index in [1.54, 1.807) is 13.8 Å². The molecule has 0 fully saturated rings. The first kappa shape index (κ1) is 14.3. The van der Waals surface area contributed by atoms with Crippen molar-refractivity contribution < 1.29 is 24.9 Å². The van der Waals surface area contributed by atoms with Gasteiger partial charge in [0, 0.05) is 11.5 Å². The van der Waals surface area contributed by atoms with Gasteiger partial charge in [0.25, 0.3) is 0 Å². The van der Waals surface area contributed by atoms with Gasteiger partial charge in [-0.25, -0.2) is 4.79 Å². The molecular formula is C13H16O5. The van der Waals surface area contributed by atoms with E-state index in [0.717, 1.165) is 0 Å². The summed E-state index contributed by atoms with van der Waals surface area (Å²) in [6.45, 7) is 3.55. The van der Waals surface area contributed by atoms with Crippen LogP contribution in [0.25, 0.3) is 0 Å². The Morgan fingerprint density at radius 2 is 1.56 bits per heavy atom. The second kappa shape index (κ2) is 5.75. The molecule has 2 atom stereocenters. The number of Topliss-reactive ketones (excluding diaryl/α,β-unsaturated/α-hetero) is 1. The van der Waals surface area contributed by atoms with E-state index in [1.165, 1.54) is 24.3 Å². The SMILES string of the molecule is CC(C)C(=O)c1ccc(C(O)C(O)C(=O)O)cc1. The van der Waals surface area contributed by atoms with Crippen molar-refractivity contribution in [2.24, 2.45) is 5.92 Å². The van der Waals surface area contributed by atoms with Gasteiger partial charge in [0.05, 0.1) is 0 Å². The van der Waals surface area contributed by atoms with Gasteiger partial charge in [-0.05, 0) is 5.56 Å². The molecule has 0 aliphatic carbocycles. The monoisotopic (exact) mass is 252 g/mol. The third-order valence-electron chi connectivity index (χ3n) is 2.61. The molecule has 0 aliphatic heterocycles. The summed E-state index contributed by atoms with van der Waals surface area (Å²) in [4.78, 5) is 22.2. The highest BCUT2D eigenvalue weighted by molar-refractivity contribution is 5.97. The fourth-order valence-corrected chi connectivity index (χ4v) is 1.50. The number of hydrogen-bond acceptors (Lipinski definition) is 4. The summed E-state index contributed by atoms with van der Waals surface area (Å²) >= 11 is 0. The topological polar surface area (TPSA) is 94.8 Å². The predicted octanol–water partition coefficient (Wildman–Crippen LogP) is 1.00. The first-order valence-corrected chi connectivity index (χ1v) is 5.57. The zero-order valence-corrected chi connectivity index (χ0v) is 10.2. The molecule has 0 aromatic heterocycles. The van der Waals surface area contributed by atoms with Gasteiger partial charge in [0.1, 0.15) is 6.10 Å². The summed E-state index contributed by atoms with van der Waals surface area (Å²) in [6, 6.07) is 5.89. The number of aliphatic carboxylic acids is 1. The average Bonchev–Trinajstić information content (AvgIpc) is 2.36. The number of ketones is 1. The van der Waals surface area contributed by atoms with Gasteiger partial charge in [-0.3, -0.25) is 4.79 Å². The average molecular weight is 252 g/mol. The van der Waals surface area contributed by atoms with Crippen LogP contribution in [-0.4, -0.2) is 33.2 Å². The van der Waals surface area contributed by atoms with Gasteiger partial charge in [-0.2, -0.15) is 0 Å². The lowest BCUT2D eigenvalue weighted by Gasteiger charge is -2.14. The number of rotatable bonds is 5. The second-order valence-electron chi connectivity index (χ2n) is 4.37. The van der Waals surface area contributed by atoms with Crippen molar-refractivity contribution in [3.05, 3.63) is 35.4 Å². The summed E-state index contributed by atoms with van der Waals surface area (Å²) in [5, 5.41) is 27.3. The number of benzene rings is 1. The van der Waals surface area contributed by atoms with Crippen molar-refractivity contribution in [1.29, 1.82) is 0 Å². The number of aliphatic hydroxyl groups excluding tert-OH is 2. The van der Waals surface area contributed by atoms with Gasteiger partial charge in [0.2, 0.25) is 0 Å². The molecule has 0 saturated carbocycles. The highest BCUT2D eigenvalue weighted by Crippen LogP contribution is 2.19. The molecule has 1 rings (SSSR count). The minimum Gasteiger partial charge on any atom is -0.479 e. The molecule has 0 amide bonds. The van der Waals surface area contributed by atoms with Gasteiger partial charge in [-0.15, -0.1) is 0 Å². The number of carbonyl (C=O) groups is 2. The van der Waals surface area contributed by atoms with Crippen LogP contribution in [-0.2, 0) is 4.79 Å². The standard InChI is InChI=1S/C13H16O5/c1-7(2)10(14)8-3-5-9(6-4-8)11(15)12(16)13(17)18/h3-7,11-12,15-16H,1-2H3,(H,17,18). The fraction of sp³-hybridized carbons (Fsp3) is 0.385. The molecule has 5 heteroatoms. The maximum atomic E-state index is 11.7. The zero-order chi connectivity index (χ0) is 13.9. The molecule has 2 unspecified atom stereocenters. The quantitative estimate of drug-likeness (QED) is 0.680. The minimum atomic E-state index is -1.88. The van der Waals surface area contributed by atoms with Crippen molar-refractivity contribution in [3.63, 3.8) is 0 Å². The van der Waals surface area contributed by atoms with Crippen LogP contribution in [0.3, 0.4) is 0 Å². The van der Waals surface area contributed by atoms with Gasteiger partial charge in [0.15, 0.2) is 11.9 Å². The van der Waals surface area contributed by atoms with Crippen LogP contribution >= 0.6 is 0 Å². The molecule has 18 heavy (non-hydrogen) atoms. The Kier molecular flexibility index (Phi) is 4.58. The van der Waals surface area contributed by atoms with Crippen molar-refractivity contribution in [3.8, 4) is 0 Å². The number of carbonyl (C=O) groups excluding carboxylic acids is 1. The van der Waals surface area contributed by atoms with Crippen molar-refractivity contribution in [2.45, 2.75) is 26.1 Å². The van der Waals surface area contributed by atoms with E-state index in [0.29, 0.717) is 5.56 Å². The highest BCUT2D eigenvalue weighted by atomic mass is 16.4. The van der Waals surface area contributed by atoms with Gasteiger partial charge >= 0.3 is 5.97 Å². The first-order valence-electron chi connectivity index (χ1n) is 5.57. The number of aliphatic hydroxyl groups is 2. The summed E-state index contributed by atoms with van der Waals surface area (Å²) in [5.41, 5.74) is 0.746. The third kappa shape index (κ3) is 3.15. The van der Waals surface area contributed by atoms with Gasteiger partial charge < -0.3 is 15.3 Å². The Labute approximate surface area is 105 Å². The van der Waals surface area contributed by atoms with E-state index in [2.05, 4.69) is 0 Å². The van der Waals surface area contributed by atoms with E-state index in [9.17, 15) is 19.8 Å². The Hall–Kier alpha value is -1.72. The van der Waals surface area contributed by atoms with Crippen LogP contribution in [0.5, 0.6) is 0 Å². The Morgan fingerprint density at radius 3 is 1.94 bits per heavy atom.